The van der Waals surface area contributed by atoms with Crippen LogP contribution in [0.4, 0.5) is 10.6 Å². The highest BCUT2D eigenvalue weighted by molar-refractivity contribution is 5.91. The van der Waals surface area contributed by atoms with Gasteiger partial charge in [-0.05, 0) is 63.3 Å². The van der Waals surface area contributed by atoms with Gasteiger partial charge in [-0.15, -0.1) is 0 Å². The molecule has 72 heavy (non-hydrogen) atoms. The van der Waals surface area contributed by atoms with E-state index < -0.39 is 112 Å². The molecule has 2 aromatic rings. The van der Waals surface area contributed by atoms with Crippen LogP contribution in [0.2, 0.25) is 0 Å². The van der Waals surface area contributed by atoms with Gasteiger partial charge in [0.25, 0.3) is 0 Å². The van der Waals surface area contributed by atoms with E-state index in [0.29, 0.717) is 29.7 Å². The van der Waals surface area contributed by atoms with E-state index in [0.717, 1.165) is 0 Å². The number of hydrogen-bond donors (Lipinski definition) is 3. The second-order valence-electron chi connectivity index (χ2n) is 21.4. The molecule has 1 amide bonds. The molecular weight excluding hydrogens is 937 g/mol. The summed E-state index contributed by atoms with van der Waals surface area (Å²) in [6.07, 6.45) is -3.98. The van der Waals surface area contributed by atoms with Crippen LogP contribution in [0.3, 0.4) is 0 Å². The number of ketones is 1. The van der Waals surface area contributed by atoms with Crippen molar-refractivity contribution in [3.8, 4) is 0 Å². The molecule has 2 bridgehead atoms. The third-order valence-corrected chi connectivity index (χ3v) is 15.9. The molecule has 1 aromatic carbocycles. The van der Waals surface area contributed by atoms with Gasteiger partial charge >= 0.3 is 23.7 Å². The quantitative estimate of drug-likeness (QED) is 0.140. The Morgan fingerprint density at radius 2 is 1.64 bits per heavy atom. The van der Waals surface area contributed by atoms with Crippen LogP contribution in [0.15, 0.2) is 58.5 Å². The number of nitrogens with one attached hydrogen (secondary N) is 1. The maximum absolute atomic E-state index is 15.1. The summed E-state index contributed by atoms with van der Waals surface area (Å²) < 4.78 is 58.8. The lowest BCUT2D eigenvalue weighted by Gasteiger charge is -2.68. The lowest BCUT2D eigenvalue weighted by atomic mass is 9.42. The molecule has 5 aliphatic rings. The molecule has 0 spiro atoms. The number of carbonyl (C=O) groups excluding carboxylic acids is 4. The van der Waals surface area contributed by atoms with Crippen LogP contribution < -0.4 is 16.7 Å². The number of Topliss-reactive ketones (excluding diaryl/α,β-unsaturated/α-hetero) is 1. The highest BCUT2D eigenvalue weighted by Gasteiger charge is 2.75. The zero-order valence-corrected chi connectivity index (χ0v) is 44.3. The average Bonchev–Trinajstić information content (AvgIpc) is 3.65. The van der Waals surface area contributed by atoms with Gasteiger partial charge in [-0.1, -0.05) is 58.0 Å². The molecule has 4 fully saturated rings. The smallest absolute Gasteiger partial charge is 0.408 e. The normalized spacial score (nSPS) is 34.6. The number of nitrogens with two attached hydrogens (primary N) is 1. The molecule has 0 radical (unpaired) electrons. The van der Waals surface area contributed by atoms with Gasteiger partial charge in [0, 0.05) is 78.8 Å². The zero-order chi connectivity index (χ0) is 53.5. The Morgan fingerprint density at radius 1 is 0.986 bits per heavy atom. The molecule has 5 unspecified atom stereocenters. The summed E-state index contributed by atoms with van der Waals surface area (Å²) in [6, 6.07) is 9.45. The molecule has 2 saturated heterocycles. The third-order valence-electron chi connectivity index (χ3n) is 15.9. The largest absolute Gasteiger partial charge is 0.456 e. The lowest BCUT2D eigenvalue weighted by molar-refractivity contribution is -0.339. The standard InChI is InChI=1S/C40H57NO11.C12H19N3O5/c1-21-26(50-34(44)31(48-12)30(25-16-14-13-15-17-25)41-35(45)52-36(5,6)7)19-40(46)23(3)32-38(10,33(43)22(2)29(21)37(40,8)9)27(47-11)18-28-39(32,20-49-28)51-24(4)42;1-17-6-7-9(18-2)10(19-3)11(20-7)15-5-4-8(13)14-12(15)16/h13-17,22-23,26-28,30-32,46H,18-20H2,1-12H3,(H,41,45);4-5,7,9-11H,6H2,1-3H3,(H2,13,14,16)/t22-,23+,26+,27+,28?,30+,31-,32+,38-,39+,40-;/m1./s1. The van der Waals surface area contributed by atoms with Crippen molar-refractivity contribution in [2.75, 3.05) is 54.5 Å². The molecule has 3 aliphatic carbocycles. The molecule has 7 rings (SSSR count). The van der Waals surface area contributed by atoms with Crippen LogP contribution in [0, 0.1) is 28.6 Å². The first kappa shape index (κ1) is 56.5. The van der Waals surface area contributed by atoms with Crippen molar-refractivity contribution in [2.24, 2.45) is 28.6 Å². The Labute approximate surface area is 421 Å². The van der Waals surface area contributed by atoms with Gasteiger partial charge in [-0.3, -0.25) is 14.2 Å². The summed E-state index contributed by atoms with van der Waals surface area (Å²) in [7, 11) is 7.60. The monoisotopic (exact) mass is 1010 g/mol. The summed E-state index contributed by atoms with van der Waals surface area (Å²) in [5.41, 5.74) is 1.23. The third kappa shape index (κ3) is 10.1. The molecule has 4 N–H and O–H groups in total. The number of esters is 2. The van der Waals surface area contributed by atoms with E-state index in [1.807, 2.05) is 47.6 Å². The fraction of sp³-hybridized carbons (Fsp3) is 0.692. The highest BCUT2D eigenvalue weighted by Crippen LogP contribution is 2.66. The van der Waals surface area contributed by atoms with Crippen molar-refractivity contribution in [2.45, 2.75) is 154 Å². The molecule has 3 heterocycles. The summed E-state index contributed by atoms with van der Waals surface area (Å²) in [5.74, 6) is -3.33. The first-order valence-corrected chi connectivity index (χ1v) is 24.4. The molecule has 15 atom stereocenters. The predicted octanol–water partition coefficient (Wildman–Crippen LogP) is 4.65. The van der Waals surface area contributed by atoms with Gasteiger partial charge in [0.1, 0.15) is 47.7 Å². The Balaban J connectivity index is 0.000000352. The first-order chi connectivity index (χ1) is 33.7. The van der Waals surface area contributed by atoms with E-state index in [4.69, 9.17) is 53.1 Å². The van der Waals surface area contributed by atoms with Crippen LogP contribution in [0.25, 0.3) is 0 Å². The maximum atomic E-state index is 15.1. The van der Waals surface area contributed by atoms with Gasteiger partial charge in [0.2, 0.25) is 0 Å². The van der Waals surface area contributed by atoms with E-state index in [1.54, 1.807) is 66.4 Å². The number of nitrogens with zero attached hydrogens (tertiary/aromatic N) is 2. The number of nitrogen functional groups attached to an aromatic ring is 1. The number of amides is 1. The molecular formula is C52H76N4O16. The van der Waals surface area contributed by atoms with Crippen molar-refractivity contribution < 1.29 is 71.7 Å². The van der Waals surface area contributed by atoms with Crippen molar-refractivity contribution >= 4 is 29.6 Å². The fourth-order valence-electron chi connectivity index (χ4n) is 12.7. The number of alkyl carbamates (subject to hydrolysis) is 1. The SMILES string of the molecule is COCC1OC(n2ccc(N)nc2=O)C(OC)C1OC.CO[C@H]1CC2OC[C@@]2(OC(C)=O)[C@H]2[C@H](C)[C@]3(O)C[C@H](OC(=O)[C@H](OC)[C@@H](NC(=O)OC(C)(C)C)c4ccccc4)C(C)=C([C@@H](C)C(=O)[C@]12C)C3(C)C. The fourth-order valence-corrected chi connectivity index (χ4v) is 12.7. The Kier molecular flexibility index (Phi) is 16.9. The topological polar surface area (TPSA) is 254 Å². The van der Waals surface area contributed by atoms with E-state index in [-0.39, 0.29) is 36.8 Å². The minimum Gasteiger partial charge on any atom is -0.456 e. The molecule has 2 aliphatic heterocycles. The summed E-state index contributed by atoms with van der Waals surface area (Å²) in [6.45, 7) is 18.2. The number of methoxy groups -OCH3 is 5. The maximum Gasteiger partial charge on any atom is 0.408 e. The van der Waals surface area contributed by atoms with Crippen LogP contribution in [0.1, 0.15) is 99.9 Å². The van der Waals surface area contributed by atoms with Crippen LogP contribution >= 0.6 is 0 Å². The number of fused-ring (bicyclic) bond motifs is 5. The minimum atomic E-state index is -1.58. The Hall–Kier alpha value is -4.80. The number of aliphatic hydroxyl groups is 1. The summed E-state index contributed by atoms with van der Waals surface area (Å²) >= 11 is 0. The number of anilines is 1. The minimum absolute atomic E-state index is 0.0129. The zero-order valence-electron chi connectivity index (χ0n) is 44.3. The van der Waals surface area contributed by atoms with E-state index in [2.05, 4.69) is 10.3 Å². The van der Waals surface area contributed by atoms with Crippen LogP contribution in [-0.4, -0.2) is 147 Å². The molecule has 400 valence electrons. The number of carbonyl (C=O) groups is 4. The van der Waals surface area contributed by atoms with Gasteiger partial charge in [-0.2, -0.15) is 4.98 Å². The van der Waals surface area contributed by atoms with Crippen molar-refractivity contribution in [1.82, 2.24) is 14.9 Å². The Morgan fingerprint density at radius 3 is 2.17 bits per heavy atom. The molecule has 20 heteroatoms. The summed E-state index contributed by atoms with van der Waals surface area (Å²) in [4.78, 5) is 70.7. The lowest BCUT2D eigenvalue weighted by Crippen LogP contribution is -2.79. The van der Waals surface area contributed by atoms with Crippen molar-refractivity contribution in [3.05, 3.63) is 69.8 Å². The number of hydrogen-bond acceptors (Lipinski definition) is 18. The number of ether oxygens (including phenoxy) is 10. The van der Waals surface area contributed by atoms with E-state index >= 15 is 4.79 Å². The second-order valence-corrected chi connectivity index (χ2v) is 21.4. The van der Waals surface area contributed by atoms with E-state index in [9.17, 15) is 24.3 Å². The van der Waals surface area contributed by atoms with Gasteiger partial charge < -0.3 is 63.5 Å². The van der Waals surface area contributed by atoms with Gasteiger partial charge in [0.15, 0.2) is 17.9 Å². The van der Waals surface area contributed by atoms with Crippen LogP contribution in [0.5, 0.6) is 0 Å². The van der Waals surface area contributed by atoms with Crippen LogP contribution in [-0.2, 0) is 61.8 Å². The highest BCUT2D eigenvalue weighted by atomic mass is 16.6. The molecule has 2 saturated carbocycles. The van der Waals surface area contributed by atoms with Gasteiger partial charge in [0.05, 0.1) is 36.4 Å². The molecule has 20 nitrogen and oxygen atoms in total. The van der Waals surface area contributed by atoms with Crippen molar-refractivity contribution in [3.63, 3.8) is 0 Å². The number of benzene rings is 1. The second kappa shape index (κ2) is 21.6. The first-order valence-electron chi connectivity index (χ1n) is 24.4. The number of rotatable bonds is 13. The summed E-state index contributed by atoms with van der Waals surface area (Å²) in [5, 5.41) is 16.0. The predicted molar refractivity (Wildman–Crippen MR) is 260 cm³/mol. The van der Waals surface area contributed by atoms with E-state index in [1.165, 1.54) is 38.0 Å². The average molecular weight is 1010 g/mol. The number of aromatic nitrogens is 2. The Bertz CT molecular complexity index is 2390. The molecule has 1 aromatic heterocycles. The van der Waals surface area contributed by atoms with Crippen molar-refractivity contribution in [1.29, 1.82) is 0 Å². The van der Waals surface area contributed by atoms with Gasteiger partial charge in [-0.25, -0.2) is 14.4 Å².